The zero-order valence-corrected chi connectivity index (χ0v) is 6.55. The molecule has 0 bridgehead atoms. The van der Waals surface area contributed by atoms with E-state index in [9.17, 15) is 0 Å². The number of hydrogen-bond donors (Lipinski definition) is 4. The highest BCUT2D eigenvalue weighted by Gasteiger charge is 2.66. The molecule has 1 rings (SSSR count). The number of hydrogen-bond acceptors (Lipinski definition) is 5. The zero-order valence-electron chi connectivity index (χ0n) is 6.55. The van der Waals surface area contributed by atoms with Gasteiger partial charge in [-0.05, 0) is 0 Å². The highest BCUT2D eigenvalue weighted by molar-refractivity contribution is 5.18. The van der Waals surface area contributed by atoms with Gasteiger partial charge in [-0.15, -0.1) is 0 Å². The zero-order chi connectivity index (χ0) is 8.54. The molecule has 0 saturated carbocycles. The summed E-state index contributed by atoms with van der Waals surface area (Å²) in [5.74, 6) is 0. The van der Waals surface area contributed by atoms with Crippen LogP contribution in [-0.4, -0.2) is 37.4 Å². The van der Waals surface area contributed by atoms with Gasteiger partial charge in [0.15, 0.2) is 0 Å². The average molecular weight is 160 g/mol. The molecule has 5 heteroatoms. The van der Waals surface area contributed by atoms with Crippen molar-refractivity contribution < 1.29 is 4.74 Å². The quantitative estimate of drug-likeness (QED) is 0.335. The van der Waals surface area contributed by atoms with Crippen molar-refractivity contribution in [1.82, 2.24) is 0 Å². The van der Waals surface area contributed by atoms with E-state index in [1.165, 1.54) is 0 Å². The summed E-state index contributed by atoms with van der Waals surface area (Å²) in [6.07, 6.45) is 0. The highest BCUT2D eigenvalue weighted by atomic mass is 16.6. The van der Waals surface area contributed by atoms with Crippen molar-refractivity contribution in [2.24, 2.45) is 22.9 Å². The molecule has 0 aromatic rings. The maximum Gasteiger partial charge on any atom is 0.125 e. The summed E-state index contributed by atoms with van der Waals surface area (Å²) >= 11 is 0. The number of epoxide rings is 1. The normalized spacial score (nSPS) is 25.1. The van der Waals surface area contributed by atoms with Gasteiger partial charge in [0.1, 0.15) is 11.2 Å². The summed E-state index contributed by atoms with van der Waals surface area (Å²) in [5, 5.41) is 0. The molecule has 5 nitrogen and oxygen atoms in total. The van der Waals surface area contributed by atoms with Gasteiger partial charge in [-0.25, -0.2) is 0 Å². The molecule has 0 aliphatic carbocycles. The third-order valence-electron chi connectivity index (χ3n) is 2.50. The van der Waals surface area contributed by atoms with E-state index in [1.807, 2.05) is 0 Å². The molecule has 0 atom stereocenters. The molecule has 0 spiro atoms. The van der Waals surface area contributed by atoms with Gasteiger partial charge in [0.05, 0.1) is 0 Å². The van der Waals surface area contributed by atoms with Crippen LogP contribution >= 0.6 is 0 Å². The minimum absolute atomic E-state index is 0.387. The summed E-state index contributed by atoms with van der Waals surface area (Å²) in [6, 6.07) is 0. The minimum Gasteiger partial charge on any atom is -0.357 e. The SMILES string of the molecule is NCC1(CN)OC1(CN)CN. The minimum atomic E-state index is -0.448. The van der Waals surface area contributed by atoms with Crippen LogP contribution in [0.25, 0.3) is 0 Å². The molecule has 0 aromatic heterocycles. The highest BCUT2D eigenvalue weighted by Crippen LogP contribution is 2.44. The first-order valence-corrected chi connectivity index (χ1v) is 3.71. The fraction of sp³-hybridized carbons (Fsp3) is 1.00. The van der Waals surface area contributed by atoms with Crippen LogP contribution < -0.4 is 22.9 Å². The van der Waals surface area contributed by atoms with E-state index >= 15 is 0 Å². The molecule has 66 valence electrons. The van der Waals surface area contributed by atoms with Crippen molar-refractivity contribution >= 4 is 0 Å². The van der Waals surface area contributed by atoms with Crippen LogP contribution in [0.15, 0.2) is 0 Å². The van der Waals surface area contributed by atoms with Crippen molar-refractivity contribution in [2.45, 2.75) is 11.2 Å². The molecular weight excluding hydrogens is 144 g/mol. The Hall–Kier alpha value is -0.200. The molecule has 0 unspecified atom stereocenters. The van der Waals surface area contributed by atoms with Gasteiger partial charge in [-0.1, -0.05) is 0 Å². The van der Waals surface area contributed by atoms with Gasteiger partial charge in [0.2, 0.25) is 0 Å². The first-order chi connectivity index (χ1) is 5.20. The Morgan fingerprint density at radius 2 is 1.00 bits per heavy atom. The van der Waals surface area contributed by atoms with Crippen molar-refractivity contribution in [3.63, 3.8) is 0 Å². The summed E-state index contributed by atoms with van der Waals surface area (Å²) in [7, 11) is 0. The summed E-state index contributed by atoms with van der Waals surface area (Å²) in [6.45, 7) is 1.55. The second-order valence-electron chi connectivity index (χ2n) is 2.91. The number of ether oxygens (including phenoxy) is 1. The van der Waals surface area contributed by atoms with E-state index in [-0.39, 0.29) is 0 Å². The second-order valence-corrected chi connectivity index (χ2v) is 2.91. The van der Waals surface area contributed by atoms with Crippen molar-refractivity contribution in [3.8, 4) is 0 Å². The van der Waals surface area contributed by atoms with Crippen LogP contribution in [0.1, 0.15) is 0 Å². The van der Waals surface area contributed by atoms with Crippen LogP contribution in [-0.2, 0) is 4.74 Å². The third-order valence-corrected chi connectivity index (χ3v) is 2.50. The fourth-order valence-corrected chi connectivity index (χ4v) is 1.43. The molecule has 0 aromatic carbocycles. The van der Waals surface area contributed by atoms with E-state index in [0.717, 1.165) is 0 Å². The molecule has 1 saturated heterocycles. The van der Waals surface area contributed by atoms with Crippen LogP contribution in [0.2, 0.25) is 0 Å². The molecule has 8 N–H and O–H groups in total. The van der Waals surface area contributed by atoms with E-state index in [0.29, 0.717) is 26.2 Å². The van der Waals surface area contributed by atoms with Gasteiger partial charge in [0, 0.05) is 26.2 Å². The molecule has 1 fully saturated rings. The lowest BCUT2D eigenvalue weighted by atomic mass is 9.93. The van der Waals surface area contributed by atoms with Gasteiger partial charge >= 0.3 is 0 Å². The topological polar surface area (TPSA) is 117 Å². The smallest absolute Gasteiger partial charge is 0.125 e. The first-order valence-electron chi connectivity index (χ1n) is 3.71. The molecule has 1 aliphatic heterocycles. The Bertz CT molecular complexity index is 126. The monoisotopic (exact) mass is 160 g/mol. The Kier molecular flexibility index (Phi) is 2.17. The average Bonchev–Trinajstić information content (AvgIpc) is 2.75. The fourth-order valence-electron chi connectivity index (χ4n) is 1.43. The van der Waals surface area contributed by atoms with Gasteiger partial charge in [-0.2, -0.15) is 0 Å². The largest absolute Gasteiger partial charge is 0.357 e. The van der Waals surface area contributed by atoms with Crippen LogP contribution in [0.5, 0.6) is 0 Å². The molecule has 0 radical (unpaired) electrons. The second kappa shape index (κ2) is 2.69. The summed E-state index contributed by atoms with van der Waals surface area (Å²) in [5.41, 5.74) is 21.1. The van der Waals surface area contributed by atoms with Crippen molar-refractivity contribution in [1.29, 1.82) is 0 Å². The third kappa shape index (κ3) is 0.969. The van der Waals surface area contributed by atoms with Crippen molar-refractivity contribution in [2.75, 3.05) is 26.2 Å². The number of rotatable bonds is 4. The van der Waals surface area contributed by atoms with Crippen LogP contribution in [0.3, 0.4) is 0 Å². The van der Waals surface area contributed by atoms with Crippen LogP contribution in [0, 0.1) is 0 Å². The Labute approximate surface area is 66.0 Å². The van der Waals surface area contributed by atoms with Gasteiger partial charge < -0.3 is 27.7 Å². The molecule has 1 aliphatic rings. The van der Waals surface area contributed by atoms with Gasteiger partial charge in [0.25, 0.3) is 0 Å². The predicted octanol–water partition coefficient (Wildman–Crippen LogP) is -2.67. The molecule has 11 heavy (non-hydrogen) atoms. The molecular formula is C6H16N4O. The standard InChI is InChI=1S/C6H16N4O/c7-1-5(2-8)6(3-9,4-10)11-5/h1-4,7-10H2. The summed E-state index contributed by atoms with van der Waals surface area (Å²) in [4.78, 5) is 0. The molecule has 1 heterocycles. The lowest BCUT2D eigenvalue weighted by Gasteiger charge is -2.13. The van der Waals surface area contributed by atoms with E-state index < -0.39 is 11.2 Å². The molecule has 0 amide bonds. The predicted molar refractivity (Wildman–Crippen MR) is 42.8 cm³/mol. The van der Waals surface area contributed by atoms with E-state index in [2.05, 4.69) is 0 Å². The number of nitrogens with two attached hydrogens (primary N) is 4. The lowest BCUT2D eigenvalue weighted by Crippen LogP contribution is -2.47. The van der Waals surface area contributed by atoms with Crippen LogP contribution in [0.4, 0.5) is 0 Å². The van der Waals surface area contributed by atoms with Crippen molar-refractivity contribution in [3.05, 3.63) is 0 Å². The Morgan fingerprint density at radius 3 is 1.09 bits per heavy atom. The van der Waals surface area contributed by atoms with E-state index in [1.54, 1.807) is 0 Å². The maximum atomic E-state index is 5.49. The summed E-state index contributed by atoms with van der Waals surface area (Å²) < 4.78 is 5.39. The lowest BCUT2D eigenvalue weighted by molar-refractivity contribution is 0.270. The Balaban J connectivity index is 2.65. The Morgan fingerprint density at radius 1 is 0.727 bits per heavy atom. The first kappa shape index (κ1) is 8.89. The maximum absolute atomic E-state index is 5.49. The van der Waals surface area contributed by atoms with E-state index in [4.69, 9.17) is 27.7 Å². The van der Waals surface area contributed by atoms with Gasteiger partial charge in [-0.3, -0.25) is 0 Å².